The molecular weight excluding hydrogens is 272 g/mol. The smallest absolute Gasteiger partial charge is 0.122 e. The maximum Gasteiger partial charge on any atom is 0.122 e. The van der Waals surface area contributed by atoms with Crippen molar-refractivity contribution < 1.29 is 9.47 Å². The highest BCUT2D eigenvalue weighted by atomic mass is 16.5. The SMILES string of the molecule is C=CCOc1ccccc1CCc1ccc(OC)cc1.CC. The van der Waals surface area contributed by atoms with Crippen LogP contribution in [0.4, 0.5) is 0 Å². The van der Waals surface area contributed by atoms with Gasteiger partial charge in [0, 0.05) is 0 Å². The summed E-state index contributed by atoms with van der Waals surface area (Å²) >= 11 is 0. The molecule has 2 aromatic carbocycles. The van der Waals surface area contributed by atoms with Crippen LogP contribution in [0.15, 0.2) is 61.2 Å². The molecule has 118 valence electrons. The van der Waals surface area contributed by atoms with Gasteiger partial charge in [-0.05, 0) is 42.2 Å². The minimum absolute atomic E-state index is 0.541. The first kappa shape index (κ1) is 17.8. The first-order valence-electron chi connectivity index (χ1n) is 7.78. The summed E-state index contributed by atoms with van der Waals surface area (Å²) in [6.07, 6.45) is 3.71. The molecule has 0 bridgehead atoms. The summed E-state index contributed by atoms with van der Waals surface area (Å²) in [6.45, 7) is 8.22. The molecule has 0 radical (unpaired) electrons. The van der Waals surface area contributed by atoms with E-state index >= 15 is 0 Å². The Kier molecular flexibility index (Phi) is 8.51. The highest BCUT2D eigenvalue weighted by molar-refractivity contribution is 5.35. The minimum Gasteiger partial charge on any atom is -0.497 e. The molecule has 0 unspecified atom stereocenters. The Morgan fingerprint density at radius 2 is 1.64 bits per heavy atom. The van der Waals surface area contributed by atoms with E-state index in [0.29, 0.717) is 6.61 Å². The molecule has 0 saturated heterocycles. The summed E-state index contributed by atoms with van der Waals surface area (Å²) in [5, 5.41) is 0. The molecule has 2 heteroatoms. The number of hydrogen-bond donors (Lipinski definition) is 0. The predicted octanol–water partition coefficient (Wildman–Crippen LogP) is 5.07. The zero-order valence-electron chi connectivity index (χ0n) is 13.8. The lowest BCUT2D eigenvalue weighted by Crippen LogP contribution is -1.99. The fraction of sp³-hybridized carbons (Fsp3) is 0.300. The molecule has 0 heterocycles. The Morgan fingerprint density at radius 3 is 2.27 bits per heavy atom. The van der Waals surface area contributed by atoms with Crippen molar-refractivity contribution >= 4 is 0 Å². The van der Waals surface area contributed by atoms with Crippen LogP contribution in [0, 0.1) is 0 Å². The topological polar surface area (TPSA) is 18.5 Å². The van der Waals surface area contributed by atoms with Crippen LogP contribution in [0.1, 0.15) is 25.0 Å². The zero-order valence-corrected chi connectivity index (χ0v) is 13.8. The second-order valence-corrected chi connectivity index (χ2v) is 4.56. The first-order chi connectivity index (χ1) is 10.8. The van der Waals surface area contributed by atoms with E-state index in [2.05, 4.69) is 24.8 Å². The summed E-state index contributed by atoms with van der Waals surface area (Å²) in [4.78, 5) is 0. The molecule has 0 aliphatic rings. The number of methoxy groups -OCH3 is 1. The predicted molar refractivity (Wildman–Crippen MR) is 93.9 cm³/mol. The van der Waals surface area contributed by atoms with Crippen molar-refractivity contribution in [3.8, 4) is 11.5 Å². The number of para-hydroxylation sites is 1. The van der Waals surface area contributed by atoms with Gasteiger partial charge in [-0.25, -0.2) is 0 Å². The number of rotatable bonds is 7. The summed E-state index contributed by atoms with van der Waals surface area (Å²) < 4.78 is 10.8. The molecule has 22 heavy (non-hydrogen) atoms. The molecular formula is C20H26O2. The van der Waals surface area contributed by atoms with Gasteiger partial charge in [0.05, 0.1) is 7.11 Å². The number of aryl methyl sites for hydroxylation is 2. The largest absolute Gasteiger partial charge is 0.497 e. The standard InChI is InChI=1S/C18H20O2.C2H6/c1-3-14-20-18-7-5-4-6-16(18)11-8-15-9-12-17(19-2)13-10-15;1-2/h3-7,9-10,12-13H,1,8,11,14H2,2H3;1-2H3. The van der Waals surface area contributed by atoms with Gasteiger partial charge in [-0.2, -0.15) is 0 Å². The first-order valence-corrected chi connectivity index (χ1v) is 7.78. The maximum absolute atomic E-state index is 5.67. The lowest BCUT2D eigenvalue weighted by molar-refractivity contribution is 0.359. The van der Waals surface area contributed by atoms with Crippen molar-refractivity contribution in [2.45, 2.75) is 26.7 Å². The number of ether oxygens (including phenoxy) is 2. The maximum atomic E-state index is 5.67. The normalized spacial score (nSPS) is 9.41. The minimum atomic E-state index is 0.541. The van der Waals surface area contributed by atoms with E-state index in [4.69, 9.17) is 9.47 Å². The number of benzene rings is 2. The van der Waals surface area contributed by atoms with E-state index in [0.717, 1.165) is 24.3 Å². The average Bonchev–Trinajstić information content (AvgIpc) is 2.61. The fourth-order valence-electron chi connectivity index (χ4n) is 2.07. The summed E-state index contributed by atoms with van der Waals surface area (Å²) in [6, 6.07) is 16.4. The van der Waals surface area contributed by atoms with E-state index in [1.807, 2.05) is 44.2 Å². The molecule has 0 atom stereocenters. The third-order valence-corrected chi connectivity index (χ3v) is 3.17. The van der Waals surface area contributed by atoms with Gasteiger partial charge in [-0.3, -0.25) is 0 Å². The van der Waals surface area contributed by atoms with Gasteiger partial charge in [0.15, 0.2) is 0 Å². The van der Waals surface area contributed by atoms with Gasteiger partial charge in [-0.15, -0.1) is 0 Å². The summed E-state index contributed by atoms with van der Waals surface area (Å²) in [5.41, 5.74) is 2.52. The molecule has 0 saturated carbocycles. The Morgan fingerprint density at radius 1 is 0.955 bits per heavy atom. The zero-order chi connectivity index (χ0) is 16.2. The molecule has 0 N–H and O–H groups in total. The quantitative estimate of drug-likeness (QED) is 0.664. The lowest BCUT2D eigenvalue weighted by atomic mass is 10.0. The van der Waals surface area contributed by atoms with Gasteiger partial charge >= 0.3 is 0 Å². The van der Waals surface area contributed by atoms with E-state index in [1.54, 1.807) is 13.2 Å². The Labute approximate surface area is 134 Å². The molecule has 2 aromatic rings. The molecule has 2 rings (SSSR count). The monoisotopic (exact) mass is 298 g/mol. The van der Waals surface area contributed by atoms with Gasteiger partial charge in [0.1, 0.15) is 18.1 Å². The van der Waals surface area contributed by atoms with Crippen molar-refractivity contribution in [2.24, 2.45) is 0 Å². The molecule has 0 aliphatic heterocycles. The molecule has 0 aliphatic carbocycles. The molecule has 0 spiro atoms. The van der Waals surface area contributed by atoms with Crippen molar-refractivity contribution in [1.82, 2.24) is 0 Å². The van der Waals surface area contributed by atoms with E-state index < -0.39 is 0 Å². The van der Waals surface area contributed by atoms with E-state index in [1.165, 1.54) is 11.1 Å². The van der Waals surface area contributed by atoms with Gasteiger partial charge < -0.3 is 9.47 Å². The number of hydrogen-bond acceptors (Lipinski definition) is 2. The molecule has 2 nitrogen and oxygen atoms in total. The van der Waals surface area contributed by atoms with Gasteiger partial charge in [0.25, 0.3) is 0 Å². The van der Waals surface area contributed by atoms with Crippen molar-refractivity contribution in [3.63, 3.8) is 0 Å². The Hall–Kier alpha value is -2.22. The fourth-order valence-corrected chi connectivity index (χ4v) is 2.07. The van der Waals surface area contributed by atoms with Crippen LogP contribution in [-0.2, 0) is 12.8 Å². The van der Waals surface area contributed by atoms with Crippen molar-refractivity contribution in [1.29, 1.82) is 0 Å². The van der Waals surface area contributed by atoms with Crippen LogP contribution in [0.5, 0.6) is 11.5 Å². The second kappa shape index (κ2) is 10.5. The van der Waals surface area contributed by atoms with E-state index in [9.17, 15) is 0 Å². The molecule has 0 aromatic heterocycles. The second-order valence-electron chi connectivity index (χ2n) is 4.56. The summed E-state index contributed by atoms with van der Waals surface area (Å²) in [5.74, 6) is 1.84. The average molecular weight is 298 g/mol. The van der Waals surface area contributed by atoms with Crippen LogP contribution in [0.3, 0.4) is 0 Å². The van der Waals surface area contributed by atoms with Gasteiger partial charge in [0.2, 0.25) is 0 Å². The lowest BCUT2D eigenvalue weighted by Gasteiger charge is -2.10. The Balaban J connectivity index is 0.00000116. The van der Waals surface area contributed by atoms with Crippen molar-refractivity contribution in [3.05, 3.63) is 72.3 Å². The summed E-state index contributed by atoms with van der Waals surface area (Å²) in [7, 11) is 1.68. The Bertz CT molecular complexity index is 544. The van der Waals surface area contributed by atoms with Crippen LogP contribution >= 0.6 is 0 Å². The third kappa shape index (κ3) is 5.65. The van der Waals surface area contributed by atoms with Crippen LogP contribution in [-0.4, -0.2) is 13.7 Å². The third-order valence-electron chi connectivity index (χ3n) is 3.17. The highest BCUT2D eigenvalue weighted by Gasteiger charge is 2.03. The van der Waals surface area contributed by atoms with Crippen LogP contribution < -0.4 is 9.47 Å². The molecule has 0 amide bonds. The van der Waals surface area contributed by atoms with Crippen molar-refractivity contribution in [2.75, 3.05) is 13.7 Å². The highest BCUT2D eigenvalue weighted by Crippen LogP contribution is 2.20. The van der Waals surface area contributed by atoms with Crippen LogP contribution in [0.2, 0.25) is 0 Å². The van der Waals surface area contributed by atoms with Gasteiger partial charge in [-0.1, -0.05) is 56.8 Å². The van der Waals surface area contributed by atoms with E-state index in [-0.39, 0.29) is 0 Å². The molecule has 0 fully saturated rings. The van der Waals surface area contributed by atoms with Crippen LogP contribution in [0.25, 0.3) is 0 Å².